The molecule has 0 aliphatic heterocycles. The van der Waals surface area contributed by atoms with Crippen LogP contribution in [0.4, 0.5) is 22.0 Å². The smallest absolute Gasteiger partial charge is 0.453 e. The van der Waals surface area contributed by atoms with Crippen LogP contribution in [0.15, 0.2) is 74.8 Å². The predicted octanol–water partition coefficient (Wildman–Crippen LogP) is 8.12. The van der Waals surface area contributed by atoms with Crippen LogP contribution in [0, 0.1) is 0 Å². The van der Waals surface area contributed by atoms with Gasteiger partial charge in [-0.1, -0.05) is 37.6 Å². The number of hydrogen-bond acceptors (Lipinski definition) is 8. The molecule has 8 nitrogen and oxygen atoms in total. The molecule has 0 unspecified atom stereocenters. The highest BCUT2D eigenvalue weighted by Gasteiger charge is 2.56. The molecule has 0 fully saturated rings. The number of carbonyl (C=O) groups is 2. The summed E-state index contributed by atoms with van der Waals surface area (Å²) in [6.07, 6.45) is -1.50. The lowest BCUT2D eigenvalue weighted by atomic mass is 10.0. The number of carbonyl (C=O) groups excluding carboxylic acids is 1. The Morgan fingerprint density at radius 2 is 1.81 bits per heavy atom. The van der Waals surface area contributed by atoms with Gasteiger partial charge in [-0.05, 0) is 62.9 Å². The number of carboxylic acid groups (broad SMARTS) is 1. The van der Waals surface area contributed by atoms with E-state index in [1.807, 2.05) is 6.92 Å². The lowest BCUT2D eigenvalue weighted by Gasteiger charge is -2.22. The number of alkyl halides is 5. The van der Waals surface area contributed by atoms with Crippen molar-refractivity contribution in [3.8, 4) is 11.5 Å². The van der Waals surface area contributed by atoms with E-state index in [1.165, 1.54) is 37.3 Å². The minimum Gasteiger partial charge on any atom is -0.507 e. The molecule has 2 aromatic carbocycles. The number of hydrogen-bond donors (Lipinski definition) is 3. The normalized spacial score (nSPS) is 13.8. The van der Waals surface area contributed by atoms with Crippen LogP contribution in [-0.4, -0.2) is 57.1 Å². The van der Waals surface area contributed by atoms with Gasteiger partial charge < -0.3 is 24.5 Å². The maximum Gasteiger partial charge on any atom is 0.453 e. The Hall–Kier alpha value is -4.17. The van der Waals surface area contributed by atoms with E-state index in [4.69, 9.17) is 9.15 Å². The molecule has 0 aliphatic rings. The standard InChI is InChI=1S/C34H35F5O8S/c1-3-9-24-27(15-14-22(20(2)40)31(24)43)46-17-7-5-4-6-11-30(25(41)10-8-16-33(35,36)34(37,38)39)48-21-12-13-23-26(42)19-29(32(44)45)47-28(23)18-21/h4-6,11-15,18-19,25,30,41,43H,3,7-10,16-17H2,1-2H3,(H,44,45)/b5-4-,11-6+/t25-,30+/m1/s1. The number of aliphatic hydroxyl groups is 1. The van der Waals surface area contributed by atoms with E-state index in [9.17, 15) is 51.7 Å². The zero-order valence-electron chi connectivity index (χ0n) is 26.1. The fraction of sp³-hybridized carbons (Fsp3) is 0.382. The number of halogens is 5. The van der Waals surface area contributed by atoms with Crippen molar-refractivity contribution in [3.63, 3.8) is 0 Å². The summed E-state index contributed by atoms with van der Waals surface area (Å²) in [5.41, 5.74) is 0.104. The third-order valence-electron chi connectivity index (χ3n) is 7.18. The van der Waals surface area contributed by atoms with E-state index in [1.54, 1.807) is 24.3 Å². The van der Waals surface area contributed by atoms with Crippen LogP contribution in [0.25, 0.3) is 11.0 Å². The summed E-state index contributed by atoms with van der Waals surface area (Å²) < 4.78 is 75.8. The second kappa shape index (κ2) is 16.8. The molecule has 0 saturated carbocycles. The van der Waals surface area contributed by atoms with Gasteiger partial charge in [0, 0.05) is 22.9 Å². The van der Waals surface area contributed by atoms with Crippen LogP contribution in [-0.2, 0) is 6.42 Å². The lowest BCUT2D eigenvalue weighted by molar-refractivity contribution is -0.284. The van der Waals surface area contributed by atoms with Crippen molar-refractivity contribution in [3.05, 3.63) is 87.8 Å². The fourth-order valence-corrected chi connectivity index (χ4v) is 5.77. The lowest BCUT2D eigenvalue weighted by Crippen LogP contribution is -2.36. The predicted molar refractivity (Wildman–Crippen MR) is 170 cm³/mol. The molecule has 0 spiro atoms. The molecular weight excluding hydrogens is 663 g/mol. The number of allylic oxidation sites excluding steroid dienone is 2. The molecule has 1 heterocycles. The first kappa shape index (κ1) is 38.3. The number of aliphatic hydroxyl groups excluding tert-OH is 1. The van der Waals surface area contributed by atoms with Gasteiger partial charge in [-0.15, -0.1) is 11.8 Å². The minimum atomic E-state index is -5.71. The highest BCUT2D eigenvalue weighted by Crippen LogP contribution is 2.40. The van der Waals surface area contributed by atoms with Gasteiger partial charge in [-0.25, -0.2) is 4.79 Å². The number of phenolic OH excluding ortho intramolecular Hbond substituents is 1. The SMILES string of the molecule is CCCc1c(OCC/C=C\C=C\[C@H](Sc2ccc3c(=O)cc(C(=O)O)oc3c2)[C@H](O)CCCC(F)(F)C(F)(F)F)ccc(C(C)=O)c1O. The number of ketones is 1. The Bertz CT molecular complexity index is 1710. The van der Waals surface area contributed by atoms with E-state index in [-0.39, 0.29) is 41.1 Å². The third-order valence-corrected chi connectivity index (χ3v) is 8.45. The van der Waals surface area contributed by atoms with Crippen molar-refractivity contribution in [1.82, 2.24) is 0 Å². The fourth-order valence-electron chi connectivity index (χ4n) is 4.67. The van der Waals surface area contributed by atoms with Gasteiger partial charge in [0.05, 0.1) is 28.9 Å². The van der Waals surface area contributed by atoms with Crippen molar-refractivity contribution in [2.24, 2.45) is 0 Å². The maximum absolute atomic E-state index is 13.4. The number of phenols is 1. The van der Waals surface area contributed by atoms with Gasteiger partial charge >= 0.3 is 18.1 Å². The number of carboxylic acids is 1. The number of Topliss-reactive ketones (excluding diaryl/α,β-unsaturated/α-hetero) is 1. The molecule has 0 aliphatic carbocycles. The summed E-state index contributed by atoms with van der Waals surface area (Å²) in [6, 6.07) is 8.23. The zero-order valence-corrected chi connectivity index (χ0v) is 26.9. The van der Waals surface area contributed by atoms with Gasteiger partial charge in [0.15, 0.2) is 11.2 Å². The van der Waals surface area contributed by atoms with Crippen LogP contribution in [0.1, 0.15) is 72.4 Å². The summed E-state index contributed by atoms with van der Waals surface area (Å²) >= 11 is 1.01. The third kappa shape index (κ3) is 10.2. The van der Waals surface area contributed by atoms with Crippen LogP contribution in [0.2, 0.25) is 0 Å². The average molecular weight is 699 g/mol. The molecule has 260 valence electrons. The van der Waals surface area contributed by atoms with Gasteiger partial charge in [-0.2, -0.15) is 22.0 Å². The second-order valence-corrected chi connectivity index (χ2v) is 12.1. The number of aromatic hydroxyl groups is 1. The largest absolute Gasteiger partial charge is 0.507 e. The molecule has 3 aromatic rings. The maximum atomic E-state index is 13.4. The number of ether oxygens (including phenoxy) is 1. The Morgan fingerprint density at radius 1 is 1.08 bits per heavy atom. The van der Waals surface area contributed by atoms with Crippen molar-refractivity contribution in [1.29, 1.82) is 0 Å². The topological polar surface area (TPSA) is 134 Å². The van der Waals surface area contributed by atoms with E-state index in [0.717, 1.165) is 17.8 Å². The molecule has 0 saturated heterocycles. The van der Waals surface area contributed by atoms with Crippen molar-refractivity contribution < 1.29 is 56.0 Å². The monoisotopic (exact) mass is 698 g/mol. The highest BCUT2D eigenvalue weighted by atomic mass is 32.2. The van der Waals surface area contributed by atoms with E-state index < -0.39 is 53.5 Å². The van der Waals surface area contributed by atoms with Crippen LogP contribution >= 0.6 is 11.8 Å². The summed E-state index contributed by atoms with van der Waals surface area (Å²) in [5.74, 6) is -6.88. The number of benzene rings is 2. The second-order valence-electron chi connectivity index (χ2n) is 10.9. The van der Waals surface area contributed by atoms with E-state index >= 15 is 0 Å². The Morgan fingerprint density at radius 3 is 2.46 bits per heavy atom. The highest BCUT2D eigenvalue weighted by molar-refractivity contribution is 8.00. The Labute approximate surface area is 276 Å². The molecule has 14 heteroatoms. The van der Waals surface area contributed by atoms with Gasteiger partial charge in [0.25, 0.3) is 0 Å². The van der Waals surface area contributed by atoms with Gasteiger partial charge in [0.2, 0.25) is 5.76 Å². The van der Waals surface area contributed by atoms with Gasteiger partial charge in [-0.3, -0.25) is 9.59 Å². The number of aromatic carboxylic acids is 1. The van der Waals surface area contributed by atoms with Crippen LogP contribution in [0.5, 0.6) is 11.5 Å². The first-order valence-electron chi connectivity index (χ1n) is 15.0. The molecule has 0 bridgehead atoms. The summed E-state index contributed by atoms with van der Waals surface area (Å²) in [6.45, 7) is 3.50. The molecule has 0 amide bonds. The number of thioether (sulfide) groups is 1. The van der Waals surface area contributed by atoms with Crippen molar-refractivity contribution in [2.75, 3.05) is 6.61 Å². The average Bonchev–Trinajstić information content (AvgIpc) is 3.00. The van der Waals surface area contributed by atoms with Crippen molar-refractivity contribution >= 4 is 34.5 Å². The molecule has 0 radical (unpaired) electrons. The molecule has 3 N–H and O–H groups in total. The molecule has 3 rings (SSSR count). The quantitative estimate of drug-likeness (QED) is 0.0420. The van der Waals surface area contributed by atoms with E-state index in [2.05, 4.69) is 0 Å². The molecule has 1 aromatic heterocycles. The Kier molecular flexibility index (Phi) is 13.4. The molecular formula is C34H35F5O8S. The molecule has 2 atom stereocenters. The number of fused-ring (bicyclic) bond motifs is 1. The van der Waals surface area contributed by atoms with Crippen LogP contribution in [0.3, 0.4) is 0 Å². The summed E-state index contributed by atoms with van der Waals surface area (Å²) in [5, 5.41) is 29.8. The summed E-state index contributed by atoms with van der Waals surface area (Å²) in [7, 11) is 0. The van der Waals surface area contributed by atoms with Crippen molar-refractivity contribution in [2.45, 2.75) is 80.7 Å². The van der Waals surface area contributed by atoms with Gasteiger partial charge in [0.1, 0.15) is 17.1 Å². The minimum absolute atomic E-state index is 0.0434. The number of rotatable bonds is 17. The zero-order chi connectivity index (χ0) is 35.6. The molecule has 48 heavy (non-hydrogen) atoms. The first-order chi connectivity index (χ1) is 22.6. The first-order valence-corrected chi connectivity index (χ1v) is 15.9. The van der Waals surface area contributed by atoms with E-state index in [0.29, 0.717) is 35.5 Å². The summed E-state index contributed by atoms with van der Waals surface area (Å²) in [4.78, 5) is 35.8. The van der Waals surface area contributed by atoms with Crippen LogP contribution < -0.4 is 10.2 Å². The Balaban J connectivity index is 1.73.